The highest BCUT2D eigenvalue weighted by molar-refractivity contribution is 6.07. The molecule has 2 aliphatic rings. The number of anilines is 1. The van der Waals surface area contributed by atoms with E-state index in [1.165, 1.54) is 0 Å². The molecule has 122 valence electrons. The molecule has 0 radical (unpaired) electrons. The highest BCUT2D eigenvalue weighted by atomic mass is 16.2. The maximum Gasteiger partial charge on any atom is 0.322 e. The van der Waals surface area contributed by atoms with E-state index in [-0.39, 0.29) is 11.8 Å². The third-order valence-corrected chi connectivity index (χ3v) is 4.17. The number of piperidine rings is 1. The number of imide groups is 1. The van der Waals surface area contributed by atoms with Gasteiger partial charge in [0.2, 0.25) is 11.9 Å². The predicted molar refractivity (Wildman–Crippen MR) is 80.4 cm³/mol. The Balaban J connectivity index is 1.45. The Labute approximate surface area is 132 Å². The Hall–Kier alpha value is -2.71. The first-order valence-electron chi connectivity index (χ1n) is 7.51. The number of nitrogens with zero attached hydrogens (tertiary/aromatic N) is 3. The fraction of sp³-hybridized carbons (Fsp3) is 0.500. The van der Waals surface area contributed by atoms with Gasteiger partial charge < -0.3 is 15.5 Å². The standard InChI is InChI=1S/C14H18N6O3/c21-10(2-7-17-12-15-5-1-6-16-12)20-8-3-14(4-9-20)11(22)18-13(23)19-14/h1,5-6H,2-4,7-9H2,(H,15,16,17)(H2,18,19,22,23). The number of likely N-dealkylation sites (tertiary alicyclic amines) is 1. The molecular weight excluding hydrogens is 300 g/mol. The SMILES string of the molecule is O=C1NC(=O)C2(CCN(C(=O)CCNc3ncccn3)CC2)N1. The Morgan fingerprint density at radius 3 is 2.57 bits per heavy atom. The summed E-state index contributed by atoms with van der Waals surface area (Å²) in [5.41, 5.74) is -0.843. The number of nitrogens with one attached hydrogen (secondary N) is 3. The van der Waals surface area contributed by atoms with Crippen molar-refractivity contribution in [1.29, 1.82) is 0 Å². The lowest BCUT2D eigenvalue weighted by atomic mass is 9.87. The average Bonchev–Trinajstić information content (AvgIpc) is 2.82. The van der Waals surface area contributed by atoms with Gasteiger partial charge in [-0.05, 0) is 18.9 Å². The molecule has 2 fully saturated rings. The number of carbonyl (C=O) groups is 3. The summed E-state index contributed by atoms with van der Waals surface area (Å²) >= 11 is 0. The van der Waals surface area contributed by atoms with Gasteiger partial charge in [0.1, 0.15) is 5.54 Å². The maximum absolute atomic E-state index is 12.2. The molecule has 0 bridgehead atoms. The van der Waals surface area contributed by atoms with Gasteiger partial charge in [0.25, 0.3) is 5.91 Å². The van der Waals surface area contributed by atoms with Crippen molar-refractivity contribution in [2.75, 3.05) is 25.0 Å². The summed E-state index contributed by atoms with van der Waals surface area (Å²) in [5.74, 6) is 0.203. The van der Waals surface area contributed by atoms with Gasteiger partial charge in [0.05, 0.1) is 0 Å². The lowest BCUT2D eigenvalue weighted by Gasteiger charge is -2.37. The van der Waals surface area contributed by atoms with Gasteiger partial charge in [0.15, 0.2) is 0 Å². The van der Waals surface area contributed by atoms with Crippen LogP contribution in [-0.4, -0.2) is 57.9 Å². The molecule has 0 saturated carbocycles. The van der Waals surface area contributed by atoms with E-state index in [1.54, 1.807) is 23.4 Å². The van der Waals surface area contributed by atoms with Crippen molar-refractivity contribution in [2.45, 2.75) is 24.8 Å². The number of rotatable bonds is 4. The van der Waals surface area contributed by atoms with Crippen LogP contribution >= 0.6 is 0 Å². The van der Waals surface area contributed by atoms with Gasteiger partial charge in [0, 0.05) is 38.4 Å². The number of carbonyl (C=O) groups excluding carboxylic acids is 3. The van der Waals surface area contributed by atoms with Crippen LogP contribution in [0.5, 0.6) is 0 Å². The topological polar surface area (TPSA) is 116 Å². The molecule has 3 rings (SSSR count). The van der Waals surface area contributed by atoms with Gasteiger partial charge in [-0.3, -0.25) is 14.9 Å². The van der Waals surface area contributed by atoms with E-state index in [2.05, 4.69) is 25.9 Å². The number of aromatic nitrogens is 2. The average molecular weight is 318 g/mol. The monoisotopic (exact) mass is 318 g/mol. The molecule has 0 aromatic carbocycles. The molecule has 2 saturated heterocycles. The summed E-state index contributed by atoms with van der Waals surface area (Å²) in [4.78, 5) is 45.1. The van der Waals surface area contributed by atoms with Crippen LogP contribution in [0.25, 0.3) is 0 Å². The van der Waals surface area contributed by atoms with Gasteiger partial charge in [-0.15, -0.1) is 0 Å². The lowest BCUT2D eigenvalue weighted by Crippen LogP contribution is -2.55. The third kappa shape index (κ3) is 3.22. The van der Waals surface area contributed by atoms with Crippen LogP contribution in [0.15, 0.2) is 18.5 Å². The molecular formula is C14H18N6O3. The van der Waals surface area contributed by atoms with Crippen LogP contribution in [-0.2, 0) is 9.59 Å². The van der Waals surface area contributed by atoms with Gasteiger partial charge in [-0.1, -0.05) is 0 Å². The summed E-state index contributed by atoms with van der Waals surface area (Å²) in [7, 11) is 0. The fourth-order valence-corrected chi connectivity index (χ4v) is 2.85. The highest BCUT2D eigenvalue weighted by Crippen LogP contribution is 2.25. The zero-order chi connectivity index (χ0) is 16.3. The summed E-state index contributed by atoms with van der Waals surface area (Å²) in [5, 5.41) is 7.92. The first kappa shape index (κ1) is 15.2. The van der Waals surface area contributed by atoms with E-state index in [1.807, 2.05) is 0 Å². The smallest absolute Gasteiger partial charge is 0.322 e. The number of hydrogen-bond donors (Lipinski definition) is 3. The minimum Gasteiger partial charge on any atom is -0.354 e. The van der Waals surface area contributed by atoms with E-state index in [0.717, 1.165) is 0 Å². The molecule has 1 aromatic rings. The molecule has 3 N–H and O–H groups in total. The van der Waals surface area contributed by atoms with Crippen LogP contribution in [0.1, 0.15) is 19.3 Å². The summed E-state index contributed by atoms with van der Waals surface area (Å²) in [6.07, 6.45) is 4.45. The van der Waals surface area contributed by atoms with Crippen LogP contribution in [0, 0.1) is 0 Å². The summed E-state index contributed by atoms with van der Waals surface area (Å²) in [6.45, 7) is 1.35. The molecule has 9 heteroatoms. The van der Waals surface area contributed by atoms with Crippen molar-refractivity contribution in [2.24, 2.45) is 0 Å². The molecule has 0 atom stereocenters. The van der Waals surface area contributed by atoms with E-state index in [4.69, 9.17) is 0 Å². The predicted octanol–water partition coefficient (Wildman–Crippen LogP) is -0.521. The van der Waals surface area contributed by atoms with Crippen molar-refractivity contribution in [3.63, 3.8) is 0 Å². The molecule has 4 amide bonds. The van der Waals surface area contributed by atoms with Crippen LogP contribution in [0.2, 0.25) is 0 Å². The number of urea groups is 1. The largest absolute Gasteiger partial charge is 0.354 e. The van der Waals surface area contributed by atoms with E-state index >= 15 is 0 Å². The van der Waals surface area contributed by atoms with E-state index in [9.17, 15) is 14.4 Å². The second kappa shape index (κ2) is 6.19. The van der Waals surface area contributed by atoms with Gasteiger partial charge in [-0.25, -0.2) is 14.8 Å². The van der Waals surface area contributed by atoms with Crippen LogP contribution in [0.4, 0.5) is 10.7 Å². The lowest BCUT2D eigenvalue weighted by molar-refractivity contribution is -0.135. The highest BCUT2D eigenvalue weighted by Gasteiger charge is 2.48. The minimum atomic E-state index is -0.843. The molecule has 0 aliphatic carbocycles. The van der Waals surface area contributed by atoms with Crippen molar-refractivity contribution < 1.29 is 14.4 Å². The van der Waals surface area contributed by atoms with Gasteiger partial charge in [-0.2, -0.15) is 0 Å². The second-order valence-electron chi connectivity index (χ2n) is 5.62. The Bertz CT molecular complexity index is 612. The molecule has 1 aromatic heterocycles. The number of hydrogen-bond acceptors (Lipinski definition) is 6. The van der Waals surface area contributed by atoms with Crippen molar-refractivity contribution in [3.8, 4) is 0 Å². The zero-order valence-electron chi connectivity index (χ0n) is 12.5. The van der Waals surface area contributed by atoms with Crippen molar-refractivity contribution in [3.05, 3.63) is 18.5 Å². The normalized spacial score (nSPS) is 19.4. The van der Waals surface area contributed by atoms with Crippen molar-refractivity contribution >= 4 is 23.8 Å². The first-order valence-corrected chi connectivity index (χ1v) is 7.51. The van der Waals surface area contributed by atoms with E-state index < -0.39 is 11.6 Å². The van der Waals surface area contributed by atoms with Gasteiger partial charge >= 0.3 is 6.03 Å². The number of amides is 4. The molecule has 1 spiro atoms. The quantitative estimate of drug-likeness (QED) is 0.643. The summed E-state index contributed by atoms with van der Waals surface area (Å²) < 4.78 is 0. The van der Waals surface area contributed by atoms with Crippen LogP contribution in [0.3, 0.4) is 0 Å². The third-order valence-electron chi connectivity index (χ3n) is 4.17. The fourth-order valence-electron chi connectivity index (χ4n) is 2.85. The molecule has 0 unspecified atom stereocenters. The zero-order valence-corrected chi connectivity index (χ0v) is 12.5. The van der Waals surface area contributed by atoms with Crippen molar-refractivity contribution in [1.82, 2.24) is 25.5 Å². The Morgan fingerprint density at radius 2 is 1.96 bits per heavy atom. The first-order chi connectivity index (χ1) is 11.1. The summed E-state index contributed by atoms with van der Waals surface area (Å²) in [6, 6.07) is 1.26. The Morgan fingerprint density at radius 1 is 1.26 bits per heavy atom. The molecule has 3 heterocycles. The minimum absolute atomic E-state index is 0.00742. The maximum atomic E-state index is 12.2. The molecule has 23 heavy (non-hydrogen) atoms. The Kier molecular flexibility index (Phi) is 4.09. The molecule has 9 nitrogen and oxygen atoms in total. The molecule has 2 aliphatic heterocycles. The van der Waals surface area contributed by atoms with Crippen LogP contribution < -0.4 is 16.0 Å². The second-order valence-corrected chi connectivity index (χ2v) is 5.62. The van der Waals surface area contributed by atoms with E-state index in [0.29, 0.717) is 44.8 Å².